The number of nitrogens with one attached hydrogen (secondary N) is 2. The van der Waals surface area contributed by atoms with E-state index in [1.165, 1.54) is 0 Å². The number of carbonyl (C=O) groups is 1. The quantitative estimate of drug-likeness (QED) is 0.452. The smallest absolute Gasteiger partial charge is 0.258 e. The molecule has 1 saturated heterocycles. The zero-order valence-corrected chi connectivity index (χ0v) is 16.9. The molecule has 156 valence electrons. The number of oxime groups is 1. The number of fused-ring (bicyclic) bond motifs is 2. The first-order chi connectivity index (χ1) is 15.2. The maximum atomic E-state index is 12.8. The number of benzene rings is 2. The Balaban J connectivity index is 1.48. The third kappa shape index (κ3) is 3.65. The van der Waals surface area contributed by atoms with Crippen molar-refractivity contribution in [2.45, 2.75) is 0 Å². The Morgan fingerprint density at radius 3 is 2.74 bits per heavy atom. The molecule has 31 heavy (non-hydrogen) atoms. The minimum atomic E-state index is -0.235. The van der Waals surface area contributed by atoms with E-state index in [0.717, 1.165) is 44.1 Å². The van der Waals surface area contributed by atoms with Crippen molar-refractivity contribution in [2.24, 2.45) is 5.16 Å². The minimum Gasteiger partial charge on any atom is -0.394 e. The fourth-order valence-electron chi connectivity index (χ4n) is 3.99. The Labute approximate surface area is 179 Å². The van der Waals surface area contributed by atoms with Crippen LogP contribution in [0.5, 0.6) is 0 Å². The van der Waals surface area contributed by atoms with Crippen molar-refractivity contribution in [1.29, 1.82) is 5.26 Å². The Bertz CT molecular complexity index is 1140. The number of allylic oxidation sites excluding steroid dienone is 1. The molecule has 1 fully saturated rings. The number of rotatable bonds is 4. The zero-order chi connectivity index (χ0) is 21.2. The fourth-order valence-corrected chi connectivity index (χ4v) is 3.99. The van der Waals surface area contributed by atoms with Gasteiger partial charge in [0.25, 0.3) is 5.91 Å². The summed E-state index contributed by atoms with van der Waals surface area (Å²) in [5.41, 5.74) is 5.20. The Hall–Kier alpha value is -3.67. The SMILES string of the molecule is N#Cc1ccc2c(c1)/C(=C1/Nc3ccccc3/C1=N\OCCN1CCOCC1)C(=O)N2. The summed E-state index contributed by atoms with van der Waals surface area (Å²) in [6.07, 6.45) is 0. The molecular weight excluding hydrogens is 394 g/mol. The number of hydrogen-bond donors (Lipinski definition) is 2. The van der Waals surface area contributed by atoms with Crippen molar-refractivity contribution in [2.75, 3.05) is 50.1 Å². The molecule has 8 nitrogen and oxygen atoms in total. The molecule has 0 unspecified atom stereocenters. The van der Waals surface area contributed by atoms with Crippen LogP contribution in [0.25, 0.3) is 5.57 Å². The van der Waals surface area contributed by atoms with E-state index in [-0.39, 0.29) is 5.91 Å². The number of ether oxygens (including phenoxy) is 1. The Morgan fingerprint density at radius 1 is 1.10 bits per heavy atom. The lowest BCUT2D eigenvalue weighted by molar-refractivity contribution is -0.110. The predicted octanol–water partition coefficient (Wildman–Crippen LogP) is 2.40. The fraction of sp³-hybridized carbons (Fsp3) is 0.261. The molecule has 0 saturated carbocycles. The van der Waals surface area contributed by atoms with Crippen molar-refractivity contribution in [3.05, 3.63) is 64.9 Å². The topological polar surface area (TPSA) is 99.0 Å². The van der Waals surface area contributed by atoms with Gasteiger partial charge in [0.15, 0.2) is 0 Å². The molecule has 2 aromatic rings. The average molecular weight is 415 g/mol. The number of anilines is 2. The van der Waals surface area contributed by atoms with Crippen LogP contribution in [0, 0.1) is 11.3 Å². The van der Waals surface area contributed by atoms with Gasteiger partial charge in [-0.1, -0.05) is 23.4 Å². The number of nitrogens with zero attached hydrogens (tertiary/aromatic N) is 3. The van der Waals surface area contributed by atoms with Gasteiger partial charge in [0.2, 0.25) is 0 Å². The van der Waals surface area contributed by atoms with Gasteiger partial charge >= 0.3 is 0 Å². The summed E-state index contributed by atoms with van der Waals surface area (Å²) in [5, 5.41) is 19.9. The first-order valence-corrected chi connectivity index (χ1v) is 10.2. The molecule has 3 aliphatic rings. The highest BCUT2D eigenvalue weighted by atomic mass is 16.6. The molecule has 5 rings (SSSR count). The number of nitriles is 1. The predicted molar refractivity (Wildman–Crippen MR) is 117 cm³/mol. The molecule has 0 radical (unpaired) electrons. The average Bonchev–Trinajstić information content (AvgIpc) is 3.33. The van der Waals surface area contributed by atoms with Gasteiger partial charge in [0.05, 0.1) is 36.1 Å². The van der Waals surface area contributed by atoms with Gasteiger partial charge in [0.1, 0.15) is 12.3 Å². The van der Waals surface area contributed by atoms with Crippen molar-refractivity contribution < 1.29 is 14.4 Å². The van der Waals surface area contributed by atoms with E-state index in [9.17, 15) is 10.1 Å². The van der Waals surface area contributed by atoms with E-state index in [1.54, 1.807) is 18.2 Å². The van der Waals surface area contributed by atoms with Gasteiger partial charge in [0, 0.05) is 42.1 Å². The molecule has 8 heteroatoms. The van der Waals surface area contributed by atoms with Crippen LogP contribution >= 0.6 is 0 Å². The summed E-state index contributed by atoms with van der Waals surface area (Å²) in [7, 11) is 0. The highest BCUT2D eigenvalue weighted by molar-refractivity contribution is 6.39. The minimum absolute atomic E-state index is 0.235. The summed E-state index contributed by atoms with van der Waals surface area (Å²) in [5.74, 6) is -0.235. The summed E-state index contributed by atoms with van der Waals surface area (Å²) in [6.45, 7) is 4.45. The highest BCUT2D eigenvalue weighted by Crippen LogP contribution is 2.39. The van der Waals surface area contributed by atoms with Crippen molar-refractivity contribution >= 4 is 28.6 Å². The number of hydrogen-bond acceptors (Lipinski definition) is 7. The van der Waals surface area contributed by atoms with Gasteiger partial charge in [-0.3, -0.25) is 9.69 Å². The van der Waals surface area contributed by atoms with Crippen LogP contribution in [-0.4, -0.2) is 56.0 Å². The van der Waals surface area contributed by atoms with Crippen LogP contribution in [0.2, 0.25) is 0 Å². The summed E-state index contributed by atoms with van der Waals surface area (Å²) < 4.78 is 5.37. The van der Waals surface area contributed by atoms with Gasteiger partial charge in [-0.2, -0.15) is 5.26 Å². The van der Waals surface area contributed by atoms with E-state index in [1.807, 2.05) is 24.3 Å². The van der Waals surface area contributed by atoms with Crippen molar-refractivity contribution in [1.82, 2.24) is 4.90 Å². The van der Waals surface area contributed by atoms with Crippen molar-refractivity contribution in [3.8, 4) is 6.07 Å². The normalized spacial score (nSPS) is 21.3. The molecule has 0 bridgehead atoms. The summed E-state index contributed by atoms with van der Waals surface area (Å²) in [6, 6.07) is 15.0. The van der Waals surface area contributed by atoms with Crippen LogP contribution < -0.4 is 10.6 Å². The molecular formula is C23H21N5O3. The lowest BCUT2D eigenvalue weighted by atomic mass is 10.00. The standard InChI is InChI=1S/C23H21N5O3/c24-14-15-5-6-19-17(13-15)20(23(29)26-19)22-21(16-3-1-2-4-18(16)25-22)27-31-12-9-28-7-10-30-11-8-28/h1-6,13,25H,7-12H2,(H,26,29)/b22-20-,27-21+. The molecule has 0 atom stereocenters. The molecule has 2 N–H and O–H groups in total. The van der Waals surface area contributed by atoms with Crippen LogP contribution in [0.15, 0.2) is 53.3 Å². The maximum Gasteiger partial charge on any atom is 0.258 e. The first-order valence-electron chi connectivity index (χ1n) is 10.2. The number of amides is 1. The molecule has 0 spiro atoms. The van der Waals surface area contributed by atoms with Gasteiger partial charge in [-0.15, -0.1) is 0 Å². The number of para-hydroxylation sites is 1. The van der Waals surface area contributed by atoms with E-state index >= 15 is 0 Å². The largest absolute Gasteiger partial charge is 0.394 e. The van der Waals surface area contributed by atoms with Crippen LogP contribution in [0.4, 0.5) is 11.4 Å². The summed E-state index contributed by atoms with van der Waals surface area (Å²) in [4.78, 5) is 20.8. The van der Waals surface area contributed by atoms with Crippen LogP contribution in [-0.2, 0) is 14.4 Å². The molecule has 2 aromatic carbocycles. The van der Waals surface area contributed by atoms with E-state index in [0.29, 0.717) is 40.4 Å². The second-order valence-corrected chi connectivity index (χ2v) is 7.47. The number of carbonyl (C=O) groups excluding carboxylic acids is 1. The van der Waals surface area contributed by atoms with E-state index in [4.69, 9.17) is 9.57 Å². The second-order valence-electron chi connectivity index (χ2n) is 7.47. The van der Waals surface area contributed by atoms with Crippen molar-refractivity contribution in [3.63, 3.8) is 0 Å². The third-order valence-electron chi connectivity index (χ3n) is 5.58. The number of morpholine rings is 1. The lowest BCUT2D eigenvalue weighted by Crippen LogP contribution is -2.38. The molecule has 3 heterocycles. The van der Waals surface area contributed by atoms with E-state index in [2.05, 4.69) is 26.8 Å². The second kappa shape index (κ2) is 8.22. The van der Waals surface area contributed by atoms with Gasteiger partial charge in [-0.25, -0.2) is 0 Å². The molecule has 3 aliphatic heterocycles. The summed E-state index contributed by atoms with van der Waals surface area (Å²) >= 11 is 0. The highest BCUT2D eigenvalue weighted by Gasteiger charge is 2.34. The van der Waals surface area contributed by atoms with Crippen LogP contribution in [0.3, 0.4) is 0 Å². The Morgan fingerprint density at radius 2 is 1.90 bits per heavy atom. The Kier molecular flexibility index (Phi) is 5.12. The molecule has 1 amide bonds. The third-order valence-corrected chi connectivity index (χ3v) is 5.58. The van der Waals surface area contributed by atoms with Gasteiger partial charge in [-0.05, 0) is 24.3 Å². The molecule has 0 aromatic heterocycles. The van der Waals surface area contributed by atoms with Crippen LogP contribution in [0.1, 0.15) is 16.7 Å². The zero-order valence-electron chi connectivity index (χ0n) is 16.9. The lowest BCUT2D eigenvalue weighted by Gasteiger charge is -2.25. The monoisotopic (exact) mass is 415 g/mol. The molecule has 0 aliphatic carbocycles. The van der Waals surface area contributed by atoms with E-state index < -0.39 is 0 Å². The maximum absolute atomic E-state index is 12.8. The van der Waals surface area contributed by atoms with Gasteiger partial charge < -0.3 is 20.2 Å². The first kappa shape index (κ1) is 19.3.